The van der Waals surface area contributed by atoms with Gasteiger partial charge in [0.15, 0.2) is 5.76 Å². The second-order valence-corrected chi connectivity index (χ2v) is 7.45. The van der Waals surface area contributed by atoms with Gasteiger partial charge in [0.25, 0.3) is 5.91 Å². The lowest BCUT2D eigenvalue weighted by Crippen LogP contribution is -2.13. The van der Waals surface area contributed by atoms with E-state index in [1.807, 2.05) is 0 Å². The molecule has 168 valence electrons. The molecule has 32 heavy (non-hydrogen) atoms. The standard InChI is InChI=1S/C22H21NO8S/c1-12-17(21(25)28-3)20(32-18(12)22(26)29-4)23-19(24)16-10-9-15(31-16)11-30-14-7-5-13(27-2)6-8-14/h5-10H,11H2,1-4H3,(H,23,24). The van der Waals surface area contributed by atoms with Crippen LogP contribution < -0.4 is 14.8 Å². The Bertz CT molecular complexity index is 1130. The minimum atomic E-state index is -0.683. The number of furan rings is 1. The average Bonchev–Trinajstić information content (AvgIpc) is 3.41. The van der Waals surface area contributed by atoms with Gasteiger partial charge < -0.3 is 28.7 Å². The highest BCUT2D eigenvalue weighted by atomic mass is 32.1. The zero-order valence-corrected chi connectivity index (χ0v) is 18.7. The molecule has 1 N–H and O–H groups in total. The highest BCUT2D eigenvalue weighted by Gasteiger charge is 2.27. The summed E-state index contributed by atoms with van der Waals surface area (Å²) in [6.07, 6.45) is 0. The smallest absolute Gasteiger partial charge is 0.348 e. The first-order valence-corrected chi connectivity index (χ1v) is 10.2. The molecule has 0 spiro atoms. The van der Waals surface area contributed by atoms with Crippen molar-refractivity contribution in [2.24, 2.45) is 0 Å². The molecule has 0 unspecified atom stereocenters. The molecule has 0 aliphatic rings. The third-order valence-corrected chi connectivity index (χ3v) is 5.65. The van der Waals surface area contributed by atoms with Crippen LogP contribution in [0.2, 0.25) is 0 Å². The van der Waals surface area contributed by atoms with Crippen LogP contribution in [0.5, 0.6) is 11.5 Å². The largest absolute Gasteiger partial charge is 0.497 e. The van der Waals surface area contributed by atoms with Gasteiger partial charge in [-0.25, -0.2) is 9.59 Å². The Kier molecular flexibility index (Phi) is 7.16. The summed E-state index contributed by atoms with van der Waals surface area (Å²) >= 11 is 0.919. The number of rotatable bonds is 8. The minimum absolute atomic E-state index is 0.0137. The average molecular weight is 459 g/mol. The number of carbonyl (C=O) groups is 3. The van der Waals surface area contributed by atoms with Crippen LogP contribution in [0.15, 0.2) is 40.8 Å². The molecule has 1 aromatic carbocycles. The molecule has 2 heterocycles. The van der Waals surface area contributed by atoms with Crippen molar-refractivity contribution >= 4 is 34.2 Å². The van der Waals surface area contributed by atoms with Crippen molar-refractivity contribution in [3.63, 3.8) is 0 Å². The number of benzene rings is 1. The summed E-state index contributed by atoms with van der Waals surface area (Å²) in [7, 11) is 4.02. The van der Waals surface area contributed by atoms with E-state index in [9.17, 15) is 14.4 Å². The van der Waals surface area contributed by atoms with Crippen LogP contribution in [-0.2, 0) is 16.1 Å². The number of nitrogens with one attached hydrogen (secondary N) is 1. The minimum Gasteiger partial charge on any atom is -0.497 e. The first-order chi connectivity index (χ1) is 15.4. The van der Waals surface area contributed by atoms with E-state index >= 15 is 0 Å². The van der Waals surface area contributed by atoms with Crippen LogP contribution in [0.25, 0.3) is 0 Å². The molecule has 0 aliphatic carbocycles. The van der Waals surface area contributed by atoms with Gasteiger partial charge >= 0.3 is 11.9 Å². The highest BCUT2D eigenvalue weighted by Crippen LogP contribution is 2.34. The van der Waals surface area contributed by atoms with Crippen LogP contribution in [0, 0.1) is 6.92 Å². The van der Waals surface area contributed by atoms with Crippen molar-refractivity contribution in [1.29, 1.82) is 0 Å². The van der Waals surface area contributed by atoms with E-state index in [2.05, 4.69) is 5.32 Å². The lowest BCUT2D eigenvalue weighted by atomic mass is 10.1. The number of hydrogen-bond acceptors (Lipinski definition) is 9. The summed E-state index contributed by atoms with van der Waals surface area (Å²) in [5.74, 6) is -0.133. The summed E-state index contributed by atoms with van der Waals surface area (Å²) in [6, 6.07) is 10.1. The van der Waals surface area contributed by atoms with Gasteiger partial charge in [0.1, 0.15) is 33.7 Å². The number of carbonyl (C=O) groups excluding carboxylic acids is 3. The Labute approximate surface area is 187 Å². The fourth-order valence-corrected chi connectivity index (χ4v) is 3.91. The van der Waals surface area contributed by atoms with Crippen LogP contribution in [0.3, 0.4) is 0 Å². The molecule has 9 nitrogen and oxygen atoms in total. The Morgan fingerprint density at radius 1 is 0.938 bits per heavy atom. The maximum absolute atomic E-state index is 12.7. The molecular weight excluding hydrogens is 438 g/mol. The summed E-state index contributed by atoms with van der Waals surface area (Å²) in [5.41, 5.74) is 0.442. The molecule has 0 fully saturated rings. The number of anilines is 1. The summed E-state index contributed by atoms with van der Waals surface area (Å²) in [4.78, 5) is 37.0. The molecule has 0 atom stereocenters. The third kappa shape index (κ3) is 4.92. The Hall–Kier alpha value is -3.79. The second kappa shape index (κ2) is 10.0. The first kappa shape index (κ1) is 22.9. The quantitative estimate of drug-likeness (QED) is 0.502. The van der Waals surface area contributed by atoms with Gasteiger partial charge in [0, 0.05) is 0 Å². The fraction of sp³-hybridized carbons (Fsp3) is 0.227. The van der Waals surface area contributed by atoms with Gasteiger partial charge in [0.2, 0.25) is 0 Å². The fourth-order valence-electron chi connectivity index (χ4n) is 2.81. The van der Waals surface area contributed by atoms with Crippen molar-refractivity contribution in [3.05, 3.63) is 63.9 Å². The Morgan fingerprint density at radius 3 is 2.22 bits per heavy atom. The molecule has 0 aliphatic heterocycles. The summed E-state index contributed by atoms with van der Waals surface area (Å²) < 4.78 is 25.8. The molecule has 0 bridgehead atoms. The van der Waals surface area contributed by atoms with Gasteiger partial charge in [-0.2, -0.15) is 0 Å². The maximum Gasteiger partial charge on any atom is 0.348 e. The molecule has 0 saturated carbocycles. The molecule has 0 saturated heterocycles. The normalized spacial score (nSPS) is 10.4. The Morgan fingerprint density at radius 2 is 1.59 bits per heavy atom. The lowest BCUT2D eigenvalue weighted by Gasteiger charge is -2.06. The molecule has 10 heteroatoms. The first-order valence-electron chi connectivity index (χ1n) is 9.34. The number of ether oxygens (including phenoxy) is 4. The van der Waals surface area contributed by atoms with Gasteiger partial charge in [-0.15, -0.1) is 11.3 Å². The lowest BCUT2D eigenvalue weighted by molar-refractivity contribution is 0.0601. The molecular formula is C22H21NO8S. The predicted molar refractivity (Wildman–Crippen MR) is 116 cm³/mol. The number of thiophene rings is 1. The zero-order chi connectivity index (χ0) is 23.3. The van der Waals surface area contributed by atoms with E-state index in [-0.39, 0.29) is 27.8 Å². The van der Waals surface area contributed by atoms with Crippen LogP contribution in [0.4, 0.5) is 5.00 Å². The van der Waals surface area contributed by atoms with Crippen LogP contribution in [0.1, 0.15) is 41.9 Å². The van der Waals surface area contributed by atoms with Crippen molar-refractivity contribution in [3.8, 4) is 11.5 Å². The number of hydrogen-bond donors (Lipinski definition) is 1. The van der Waals surface area contributed by atoms with Crippen LogP contribution in [-0.4, -0.2) is 39.2 Å². The van der Waals surface area contributed by atoms with E-state index in [1.54, 1.807) is 44.4 Å². The van der Waals surface area contributed by atoms with Crippen LogP contribution >= 0.6 is 11.3 Å². The van der Waals surface area contributed by atoms with Crippen molar-refractivity contribution in [2.45, 2.75) is 13.5 Å². The summed E-state index contributed by atoms with van der Waals surface area (Å²) in [5, 5.41) is 2.76. The van der Waals surface area contributed by atoms with Gasteiger partial charge in [0.05, 0.1) is 26.9 Å². The van der Waals surface area contributed by atoms with Gasteiger partial charge in [-0.1, -0.05) is 0 Å². The zero-order valence-electron chi connectivity index (χ0n) is 17.8. The summed E-state index contributed by atoms with van der Waals surface area (Å²) in [6.45, 7) is 1.68. The molecule has 0 radical (unpaired) electrons. The molecule has 1 amide bonds. The SMILES string of the molecule is COC(=O)c1sc(NC(=O)c2ccc(COc3ccc(OC)cc3)o2)c(C(=O)OC)c1C. The number of amides is 1. The third-order valence-electron chi connectivity index (χ3n) is 4.46. The van der Waals surface area contributed by atoms with E-state index in [0.717, 1.165) is 11.3 Å². The number of methoxy groups -OCH3 is 3. The highest BCUT2D eigenvalue weighted by molar-refractivity contribution is 7.18. The monoisotopic (exact) mass is 459 g/mol. The van der Waals surface area contributed by atoms with E-state index in [4.69, 9.17) is 23.4 Å². The molecule has 3 rings (SSSR count). The predicted octanol–water partition coefficient (Wildman–Crippen LogP) is 4.06. The van der Waals surface area contributed by atoms with E-state index in [0.29, 0.717) is 22.8 Å². The van der Waals surface area contributed by atoms with Gasteiger partial charge in [-0.05, 0) is 48.9 Å². The topological polar surface area (TPSA) is 113 Å². The molecule has 3 aromatic rings. The maximum atomic E-state index is 12.7. The number of esters is 2. The van der Waals surface area contributed by atoms with Crippen molar-refractivity contribution in [1.82, 2.24) is 0 Å². The van der Waals surface area contributed by atoms with Crippen molar-refractivity contribution in [2.75, 3.05) is 26.6 Å². The van der Waals surface area contributed by atoms with E-state index in [1.165, 1.54) is 20.3 Å². The van der Waals surface area contributed by atoms with Gasteiger partial charge in [-0.3, -0.25) is 4.79 Å². The van der Waals surface area contributed by atoms with Crippen molar-refractivity contribution < 1.29 is 37.7 Å². The second-order valence-electron chi connectivity index (χ2n) is 6.43. The van der Waals surface area contributed by atoms with E-state index < -0.39 is 17.8 Å². The Balaban J connectivity index is 1.73. The molecule has 2 aromatic heterocycles.